The Hall–Kier alpha value is -0.990. The van der Waals surface area contributed by atoms with Crippen molar-refractivity contribution in [3.8, 4) is 0 Å². The molecule has 0 radical (unpaired) electrons. The first-order valence-corrected chi connectivity index (χ1v) is 9.24. The predicted octanol–water partition coefficient (Wildman–Crippen LogP) is 2.93. The monoisotopic (exact) mass is 342 g/mol. The van der Waals surface area contributed by atoms with Gasteiger partial charge in [-0.2, -0.15) is 0 Å². The molecule has 0 aliphatic carbocycles. The third-order valence-electron chi connectivity index (χ3n) is 3.71. The molecule has 0 bridgehead atoms. The van der Waals surface area contributed by atoms with Gasteiger partial charge in [-0.25, -0.2) is 8.93 Å². The maximum Gasteiger partial charge on any atom is 0.232 e. The van der Waals surface area contributed by atoms with Crippen LogP contribution in [0.2, 0.25) is 0 Å². The maximum absolute atomic E-state index is 11.1. The number of aromatic nitrogens is 1. The van der Waals surface area contributed by atoms with Gasteiger partial charge >= 0.3 is 0 Å². The van der Waals surface area contributed by atoms with E-state index in [1.807, 2.05) is 48.2 Å². The van der Waals surface area contributed by atoms with Gasteiger partial charge in [0.15, 0.2) is 0 Å². The number of nitrogens with zero attached hydrogens (tertiary/aromatic N) is 1. The standard InChI is InChI=1S/C15H22N2O3S2/c1-3-5-14(18)13-8-7-11(17(13)2)10-12(16-22(19)20)15-6-4-9-21-15/h4,6-9,12,14,16,18H,3,5,10H2,1-2H3,(H,19,20). The summed E-state index contributed by atoms with van der Waals surface area (Å²) in [5.41, 5.74) is 1.90. The molecule has 0 saturated heterocycles. The molecule has 3 N–H and O–H groups in total. The summed E-state index contributed by atoms with van der Waals surface area (Å²) in [5.74, 6) is 0. The average molecular weight is 342 g/mol. The van der Waals surface area contributed by atoms with Gasteiger partial charge in [-0.05, 0) is 30.0 Å². The molecule has 2 heterocycles. The molecule has 0 amide bonds. The average Bonchev–Trinajstić information content (AvgIpc) is 3.09. The lowest BCUT2D eigenvalue weighted by Crippen LogP contribution is -2.25. The lowest BCUT2D eigenvalue weighted by Gasteiger charge is -2.17. The van der Waals surface area contributed by atoms with Gasteiger partial charge in [0.05, 0.1) is 12.1 Å². The molecule has 22 heavy (non-hydrogen) atoms. The van der Waals surface area contributed by atoms with E-state index in [0.29, 0.717) is 6.42 Å². The highest BCUT2D eigenvalue weighted by molar-refractivity contribution is 7.77. The Bertz CT molecular complexity index is 610. The molecule has 0 aliphatic heterocycles. The summed E-state index contributed by atoms with van der Waals surface area (Å²) in [5, 5.41) is 12.1. The van der Waals surface area contributed by atoms with Gasteiger partial charge in [-0.15, -0.1) is 11.3 Å². The fourth-order valence-corrected chi connectivity index (χ4v) is 3.86. The molecule has 2 aromatic rings. The van der Waals surface area contributed by atoms with E-state index in [4.69, 9.17) is 4.55 Å². The molecule has 3 unspecified atom stereocenters. The highest BCUT2D eigenvalue weighted by Gasteiger charge is 2.19. The summed E-state index contributed by atoms with van der Waals surface area (Å²) in [6.45, 7) is 2.04. The Morgan fingerprint density at radius 1 is 1.41 bits per heavy atom. The highest BCUT2D eigenvalue weighted by Crippen LogP contribution is 2.26. The van der Waals surface area contributed by atoms with Gasteiger partial charge in [-0.3, -0.25) is 4.55 Å². The van der Waals surface area contributed by atoms with E-state index in [-0.39, 0.29) is 6.04 Å². The minimum absolute atomic E-state index is 0.226. The van der Waals surface area contributed by atoms with Crippen LogP contribution < -0.4 is 4.72 Å². The van der Waals surface area contributed by atoms with Crippen LogP contribution in [0.4, 0.5) is 0 Å². The van der Waals surface area contributed by atoms with Crippen molar-refractivity contribution in [3.63, 3.8) is 0 Å². The van der Waals surface area contributed by atoms with Gasteiger partial charge in [0, 0.05) is 29.7 Å². The van der Waals surface area contributed by atoms with Crippen molar-refractivity contribution in [2.24, 2.45) is 7.05 Å². The smallest absolute Gasteiger partial charge is 0.232 e. The molecule has 0 spiro atoms. The second kappa shape index (κ2) is 8.03. The van der Waals surface area contributed by atoms with E-state index in [0.717, 1.165) is 29.1 Å². The highest BCUT2D eigenvalue weighted by atomic mass is 32.2. The van der Waals surface area contributed by atoms with Crippen LogP contribution >= 0.6 is 11.3 Å². The van der Waals surface area contributed by atoms with Crippen molar-refractivity contribution in [1.82, 2.24) is 9.29 Å². The van der Waals surface area contributed by atoms with Gasteiger partial charge in [-0.1, -0.05) is 19.4 Å². The first-order chi connectivity index (χ1) is 10.5. The molecular formula is C15H22N2O3S2. The van der Waals surface area contributed by atoms with Gasteiger partial charge in [0.25, 0.3) is 0 Å². The quantitative estimate of drug-likeness (QED) is 0.646. The molecule has 5 nitrogen and oxygen atoms in total. The van der Waals surface area contributed by atoms with E-state index in [9.17, 15) is 9.32 Å². The summed E-state index contributed by atoms with van der Waals surface area (Å²) in [7, 11) is 1.92. The lowest BCUT2D eigenvalue weighted by molar-refractivity contribution is 0.158. The molecule has 3 atom stereocenters. The molecular weight excluding hydrogens is 320 g/mol. The van der Waals surface area contributed by atoms with E-state index in [1.54, 1.807) is 11.3 Å². The second-order valence-corrected chi connectivity index (χ2v) is 6.97. The van der Waals surface area contributed by atoms with Crippen molar-refractivity contribution in [2.45, 2.75) is 38.3 Å². The van der Waals surface area contributed by atoms with Crippen LogP contribution in [0.25, 0.3) is 0 Å². The number of aliphatic hydroxyl groups is 1. The fourth-order valence-electron chi connectivity index (χ4n) is 2.55. The van der Waals surface area contributed by atoms with Crippen LogP contribution in [0.5, 0.6) is 0 Å². The Balaban J connectivity index is 2.18. The van der Waals surface area contributed by atoms with Gasteiger partial charge in [0.2, 0.25) is 11.3 Å². The van der Waals surface area contributed by atoms with Gasteiger partial charge in [0.1, 0.15) is 0 Å². The van der Waals surface area contributed by atoms with Crippen LogP contribution in [0.3, 0.4) is 0 Å². The zero-order valence-corrected chi connectivity index (χ0v) is 14.4. The van der Waals surface area contributed by atoms with Crippen molar-refractivity contribution in [3.05, 3.63) is 45.9 Å². The Morgan fingerprint density at radius 3 is 2.77 bits per heavy atom. The van der Waals surface area contributed by atoms with Crippen LogP contribution in [0, 0.1) is 0 Å². The number of hydrogen-bond donors (Lipinski definition) is 3. The molecule has 7 heteroatoms. The summed E-state index contributed by atoms with van der Waals surface area (Å²) in [4.78, 5) is 1.01. The van der Waals surface area contributed by atoms with Gasteiger partial charge < -0.3 is 9.67 Å². The van der Waals surface area contributed by atoms with Crippen LogP contribution in [-0.2, 0) is 24.7 Å². The summed E-state index contributed by atoms with van der Waals surface area (Å²) in [6, 6.07) is 7.55. The summed E-state index contributed by atoms with van der Waals surface area (Å²) >= 11 is -0.515. The predicted molar refractivity (Wildman–Crippen MR) is 90.0 cm³/mol. The SMILES string of the molecule is CCCC(O)c1ccc(CC(NS(=O)O)c2cccs2)n1C. The lowest BCUT2D eigenvalue weighted by atomic mass is 10.1. The number of thiophene rings is 1. The third-order valence-corrected chi connectivity index (χ3v) is 5.18. The summed E-state index contributed by atoms with van der Waals surface area (Å²) < 4.78 is 24.9. The number of hydrogen-bond acceptors (Lipinski definition) is 3. The Labute approximate surface area is 137 Å². The number of nitrogens with one attached hydrogen (secondary N) is 1. The number of rotatable bonds is 8. The topological polar surface area (TPSA) is 74.5 Å². The van der Waals surface area contributed by atoms with Crippen molar-refractivity contribution >= 4 is 22.6 Å². The maximum atomic E-state index is 11.1. The van der Waals surface area contributed by atoms with E-state index < -0.39 is 17.4 Å². The van der Waals surface area contributed by atoms with E-state index in [1.165, 1.54) is 0 Å². The minimum Gasteiger partial charge on any atom is -0.387 e. The van der Waals surface area contributed by atoms with E-state index >= 15 is 0 Å². The Morgan fingerprint density at radius 2 is 2.18 bits per heavy atom. The van der Waals surface area contributed by atoms with E-state index in [2.05, 4.69) is 4.72 Å². The molecule has 0 saturated carbocycles. The molecule has 2 aromatic heterocycles. The molecule has 0 fully saturated rings. The summed E-state index contributed by atoms with van der Waals surface area (Å²) in [6.07, 6.45) is 1.76. The molecule has 122 valence electrons. The largest absolute Gasteiger partial charge is 0.387 e. The van der Waals surface area contributed by atoms with Crippen molar-refractivity contribution in [1.29, 1.82) is 0 Å². The number of aliphatic hydroxyl groups excluding tert-OH is 1. The van der Waals surface area contributed by atoms with Crippen LogP contribution in [-0.4, -0.2) is 18.4 Å². The van der Waals surface area contributed by atoms with Crippen molar-refractivity contribution in [2.75, 3.05) is 0 Å². The van der Waals surface area contributed by atoms with Crippen molar-refractivity contribution < 1.29 is 13.9 Å². The molecule has 2 rings (SSSR count). The second-order valence-electron chi connectivity index (χ2n) is 5.25. The Kier molecular flexibility index (Phi) is 6.34. The third kappa shape index (κ3) is 4.27. The van der Waals surface area contributed by atoms with Crippen LogP contribution in [0.1, 0.15) is 48.2 Å². The first kappa shape index (κ1) is 17.4. The first-order valence-electron chi connectivity index (χ1n) is 7.26. The van der Waals surface area contributed by atoms with Crippen LogP contribution in [0.15, 0.2) is 29.6 Å². The zero-order valence-electron chi connectivity index (χ0n) is 12.7. The minimum atomic E-state index is -2.07. The fraction of sp³-hybridized carbons (Fsp3) is 0.467. The molecule has 0 aromatic carbocycles. The molecule has 0 aliphatic rings. The zero-order chi connectivity index (χ0) is 16.1. The normalized spacial score (nSPS) is 15.6.